The zero-order valence-electron chi connectivity index (χ0n) is 10.4. The molecule has 0 radical (unpaired) electrons. The number of halogens is 2. The molecule has 0 fully saturated rings. The van der Waals surface area contributed by atoms with Crippen LogP contribution >= 0.6 is 11.6 Å². The van der Waals surface area contributed by atoms with E-state index < -0.39 is 0 Å². The Morgan fingerprint density at radius 1 is 1.11 bits per heavy atom. The van der Waals surface area contributed by atoms with E-state index in [4.69, 9.17) is 11.6 Å². The summed E-state index contributed by atoms with van der Waals surface area (Å²) in [5.74, 6) is -0.0981. The molecule has 0 aliphatic carbocycles. The predicted octanol–water partition coefficient (Wildman–Crippen LogP) is 3.52. The van der Waals surface area contributed by atoms with Gasteiger partial charge in [0, 0.05) is 12.1 Å². The molecule has 0 saturated heterocycles. The number of para-hydroxylation sites is 1. The van der Waals surface area contributed by atoms with Gasteiger partial charge in [-0.2, -0.15) is 0 Å². The van der Waals surface area contributed by atoms with Crippen LogP contribution in [0.2, 0.25) is 5.02 Å². The molecule has 19 heavy (non-hydrogen) atoms. The standard InChI is InChI=1S/C15H15ClFNO/c16-14-3-1-2-12(15(14)19)10-18-9-8-11-4-6-13(17)7-5-11/h1-7,18-19H,8-10H2. The molecule has 2 aromatic carbocycles. The Morgan fingerprint density at radius 2 is 1.84 bits per heavy atom. The molecule has 0 aromatic heterocycles. The van der Waals surface area contributed by atoms with E-state index in [1.54, 1.807) is 24.3 Å². The van der Waals surface area contributed by atoms with Gasteiger partial charge in [-0.05, 0) is 36.7 Å². The third-order valence-electron chi connectivity index (χ3n) is 2.89. The van der Waals surface area contributed by atoms with E-state index in [1.807, 2.05) is 6.07 Å². The average molecular weight is 280 g/mol. The molecule has 100 valence electrons. The summed E-state index contributed by atoms with van der Waals surface area (Å²) in [5.41, 5.74) is 1.84. The zero-order valence-corrected chi connectivity index (χ0v) is 11.1. The number of phenolic OH excluding ortho intramolecular Hbond substituents is 1. The van der Waals surface area contributed by atoms with Crippen molar-refractivity contribution in [2.45, 2.75) is 13.0 Å². The molecule has 0 amide bonds. The molecule has 2 N–H and O–H groups in total. The van der Waals surface area contributed by atoms with E-state index in [0.29, 0.717) is 11.6 Å². The molecule has 0 saturated carbocycles. The maximum Gasteiger partial charge on any atom is 0.138 e. The van der Waals surface area contributed by atoms with Crippen LogP contribution in [0.3, 0.4) is 0 Å². The quantitative estimate of drug-likeness (QED) is 0.821. The lowest BCUT2D eigenvalue weighted by Gasteiger charge is -2.08. The first-order chi connectivity index (χ1) is 9.16. The van der Waals surface area contributed by atoms with Gasteiger partial charge < -0.3 is 10.4 Å². The highest BCUT2D eigenvalue weighted by Crippen LogP contribution is 2.26. The Morgan fingerprint density at radius 3 is 2.58 bits per heavy atom. The van der Waals surface area contributed by atoms with E-state index in [1.165, 1.54) is 12.1 Å². The van der Waals surface area contributed by atoms with E-state index in [9.17, 15) is 9.50 Å². The van der Waals surface area contributed by atoms with Crippen LogP contribution in [0.1, 0.15) is 11.1 Å². The summed E-state index contributed by atoms with van der Waals surface area (Å²) in [6, 6.07) is 11.7. The van der Waals surface area contributed by atoms with Gasteiger partial charge in [0.15, 0.2) is 0 Å². The molecule has 2 aromatic rings. The van der Waals surface area contributed by atoms with Crippen LogP contribution in [-0.4, -0.2) is 11.7 Å². The van der Waals surface area contributed by atoms with Crippen LogP contribution in [0.15, 0.2) is 42.5 Å². The first-order valence-electron chi connectivity index (χ1n) is 6.08. The molecule has 2 rings (SSSR count). The average Bonchev–Trinajstić information content (AvgIpc) is 2.41. The molecule has 0 bridgehead atoms. The molecule has 0 unspecified atom stereocenters. The maximum absolute atomic E-state index is 12.7. The highest BCUT2D eigenvalue weighted by atomic mass is 35.5. The summed E-state index contributed by atoms with van der Waals surface area (Å²) < 4.78 is 12.7. The summed E-state index contributed by atoms with van der Waals surface area (Å²) in [6.07, 6.45) is 0.807. The third-order valence-corrected chi connectivity index (χ3v) is 3.19. The van der Waals surface area contributed by atoms with Crippen molar-refractivity contribution < 1.29 is 9.50 Å². The van der Waals surface area contributed by atoms with Crippen LogP contribution in [0.25, 0.3) is 0 Å². The van der Waals surface area contributed by atoms with Gasteiger partial charge in [-0.15, -0.1) is 0 Å². The Kier molecular flexibility index (Phi) is 4.77. The summed E-state index contributed by atoms with van der Waals surface area (Å²) in [7, 11) is 0. The normalized spacial score (nSPS) is 10.6. The van der Waals surface area contributed by atoms with Crippen molar-refractivity contribution in [2.75, 3.05) is 6.54 Å². The van der Waals surface area contributed by atoms with Crippen LogP contribution in [0.5, 0.6) is 5.75 Å². The first kappa shape index (κ1) is 13.8. The summed E-state index contributed by atoms with van der Waals surface area (Å²) in [4.78, 5) is 0. The van der Waals surface area contributed by atoms with Crippen molar-refractivity contribution >= 4 is 11.6 Å². The van der Waals surface area contributed by atoms with Crippen molar-refractivity contribution in [1.82, 2.24) is 5.32 Å². The number of phenols is 1. The molecular weight excluding hydrogens is 265 g/mol. The number of aromatic hydroxyl groups is 1. The second-order valence-corrected chi connectivity index (χ2v) is 4.71. The van der Waals surface area contributed by atoms with Crippen molar-refractivity contribution in [1.29, 1.82) is 0 Å². The van der Waals surface area contributed by atoms with Gasteiger partial charge in [0.2, 0.25) is 0 Å². The largest absolute Gasteiger partial charge is 0.506 e. The van der Waals surface area contributed by atoms with Gasteiger partial charge in [-0.1, -0.05) is 35.9 Å². The molecule has 0 atom stereocenters. The number of hydrogen-bond donors (Lipinski definition) is 2. The minimum atomic E-state index is -0.222. The Hall–Kier alpha value is -1.58. The highest BCUT2D eigenvalue weighted by Gasteiger charge is 2.04. The number of rotatable bonds is 5. The molecule has 4 heteroatoms. The number of hydrogen-bond acceptors (Lipinski definition) is 2. The van der Waals surface area contributed by atoms with Crippen LogP contribution in [0.4, 0.5) is 4.39 Å². The SMILES string of the molecule is Oc1c(Cl)cccc1CNCCc1ccc(F)cc1. The van der Waals surface area contributed by atoms with E-state index in [-0.39, 0.29) is 11.6 Å². The Bertz CT molecular complexity index is 542. The van der Waals surface area contributed by atoms with Gasteiger partial charge in [0.05, 0.1) is 5.02 Å². The van der Waals surface area contributed by atoms with E-state index in [2.05, 4.69) is 5.32 Å². The lowest BCUT2D eigenvalue weighted by atomic mass is 10.1. The minimum absolute atomic E-state index is 0.124. The molecule has 2 nitrogen and oxygen atoms in total. The maximum atomic E-state index is 12.7. The lowest BCUT2D eigenvalue weighted by Crippen LogP contribution is -2.16. The van der Waals surface area contributed by atoms with Crippen LogP contribution < -0.4 is 5.32 Å². The zero-order chi connectivity index (χ0) is 13.7. The van der Waals surface area contributed by atoms with E-state index in [0.717, 1.165) is 24.1 Å². The molecular formula is C15H15ClFNO. The molecule has 0 spiro atoms. The molecule has 0 aliphatic rings. The van der Waals surface area contributed by atoms with Crippen molar-refractivity contribution in [3.63, 3.8) is 0 Å². The summed E-state index contributed by atoms with van der Waals surface area (Å²) in [6.45, 7) is 1.30. The van der Waals surface area contributed by atoms with Gasteiger partial charge in [-0.25, -0.2) is 4.39 Å². The second-order valence-electron chi connectivity index (χ2n) is 4.30. The van der Waals surface area contributed by atoms with Gasteiger partial charge in [0.25, 0.3) is 0 Å². The Labute approximate surface area is 116 Å². The third kappa shape index (κ3) is 3.94. The van der Waals surface area contributed by atoms with Crippen LogP contribution in [0, 0.1) is 5.82 Å². The van der Waals surface area contributed by atoms with Gasteiger partial charge >= 0.3 is 0 Å². The monoisotopic (exact) mass is 279 g/mol. The number of benzene rings is 2. The number of nitrogens with one attached hydrogen (secondary N) is 1. The predicted molar refractivity (Wildman–Crippen MR) is 74.9 cm³/mol. The van der Waals surface area contributed by atoms with Crippen molar-refractivity contribution in [3.8, 4) is 5.75 Å². The summed E-state index contributed by atoms with van der Waals surface area (Å²) in [5, 5.41) is 13.3. The fraction of sp³-hybridized carbons (Fsp3) is 0.200. The smallest absolute Gasteiger partial charge is 0.138 e. The van der Waals surface area contributed by atoms with Gasteiger partial charge in [-0.3, -0.25) is 0 Å². The highest BCUT2D eigenvalue weighted by molar-refractivity contribution is 6.32. The second kappa shape index (κ2) is 6.55. The topological polar surface area (TPSA) is 32.3 Å². The van der Waals surface area contributed by atoms with Crippen molar-refractivity contribution in [2.24, 2.45) is 0 Å². The lowest BCUT2D eigenvalue weighted by molar-refractivity contribution is 0.465. The Balaban J connectivity index is 1.81. The molecule has 0 aliphatic heterocycles. The van der Waals surface area contributed by atoms with Crippen molar-refractivity contribution in [3.05, 3.63) is 64.4 Å². The fourth-order valence-corrected chi connectivity index (χ4v) is 2.00. The summed E-state index contributed by atoms with van der Waals surface area (Å²) >= 11 is 5.82. The molecule has 0 heterocycles. The minimum Gasteiger partial charge on any atom is -0.506 e. The first-order valence-corrected chi connectivity index (χ1v) is 6.46. The fourth-order valence-electron chi connectivity index (χ4n) is 1.81. The van der Waals surface area contributed by atoms with Crippen LogP contribution in [-0.2, 0) is 13.0 Å². The van der Waals surface area contributed by atoms with E-state index >= 15 is 0 Å². The van der Waals surface area contributed by atoms with Gasteiger partial charge in [0.1, 0.15) is 11.6 Å².